The number of carbonyl (C=O) groups excluding carboxylic acids is 2. The van der Waals surface area contributed by atoms with Gasteiger partial charge in [-0.1, -0.05) is 0 Å². The molecule has 3 rings (SSSR count). The SMILES string of the molecule is O=C1CN(C(=O)CN2CCC[C@H]2CN2CCOCC2)CCN1. The number of nitrogens with one attached hydrogen (secondary N) is 1. The first-order chi connectivity index (χ1) is 10.7. The first-order valence-corrected chi connectivity index (χ1v) is 8.31. The van der Waals surface area contributed by atoms with E-state index in [9.17, 15) is 9.59 Å². The van der Waals surface area contributed by atoms with Gasteiger partial charge >= 0.3 is 0 Å². The van der Waals surface area contributed by atoms with Crippen molar-refractivity contribution < 1.29 is 14.3 Å². The van der Waals surface area contributed by atoms with Crippen LogP contribution >= 0.6 is 0 Å². The molecule has 2 amide bonds. The molecular weight excluding hydrogens is 284 g/mol. The Labute approximate surface area is 131 Å². The normalized spacial score (nSPS) is 27.9. The van der Waals surface area contributed by atoms with Crippen LogP contribution in [0.2, 0.25) is 0 Å². The summed E-state index contributed by atoms with van der Waals surface area (Å²) < 4.78 is 5.39. The van der Waals surface area contributed by atoms with Gasteiger partial charge < -0.3 is 15.0 Å². The zero-order valence-electron chi connectivity index (χ0n) is 13.1. The first-order valence-electron chi connectivity index (χ1n) is 8.31. The predicted octanol–water partition coefficient (Wildman–Crippen LogP) is -1.26. The minimum absolute atomic E-state index is 0.0501. The summed E-state index contributed by atoms with van der Waals surface area (Å²) in [4.78, 5) is 30.2. The Hall–Kier alpha value is -1.18. The average molecular weight is 310 g/mol. The summed E-state index contributed by atoms with van der Waals surface area (Å²) in [6.45, 7) is 7.48. The second-order valence-electron chi connectivity index (χ2n) is 6.34. The molecule has 1 N–H and O–H groups in total. The topological polar surface area (TPSA) is 65.1 Å². The molecule has 0 aliphatic carbocycles. The van der Waals surface area contributed by atoms with Crippen molar-refractivity contribution in [1.29, 1.82) is 0 Å². The molecule has 7 nitrogen and oxygen atoms in total. The lowest BCUT2D eigenvalue weighted by molar-refractivity contribution is -0.139. The van der Waals surface area contributed by atoms with Crippen LogP contribution in [-0.4, -0.2) is 98.1 Å². The van der Waals surface area contributed by atoms with E-state index in [1.54, 1.807) is 4.90 Å². The van der Waals surface area contributed by atoms with E-state index in [0.29, 0.717) is 25.7 Å². The summed E-state index contributed by atoms with van der Waals surface area (Å²) in [7, 11) is 0. The second kappa shape index (κ2) is 7.39. The van der Waals surface area contributed by atoms with E-state index >= 15 is 0 Å². The first kappa shape index (κ1) is 15.7. The van der Waals surface area contributed by atoms with Gasteiger partial charge in [-0.2, -0.15) is 0 Å². The van der Waals surface area contributed by atoms with Crippen LogP contribution in [-0.2, 0) is 14.3 Å². The maximum atomic E-state index is 12.4. The molecule has 0 spiro atoms. The summed E-state index contributed by atoms with van der Waals surface area (Å²) >= 11 is 0. The van der Waals surface area contributed by atoms with Crippen molar-refractivity contribution in [2.75, 3.05) is 65.6 Å². The van der Waals surface area contributed by atoms with E-state index < -0.39 is 0 Å². The smallest absolute Gasteiger partial charge is 0.239 e. The molecule has 0 unspecified atom stereocenters. The molecule has 0 radical (unpaired) electrons. The van der Waals surface area contributed by atoms with Gasteiger partial charge in [-0.3, -0.25) is 19.4 Å². The molecule has 3 fully saturated rings. The van der Waals surface area contributed by atoms with Crippen molar-refractivity contribution in [2.45, 2.75) is 18.9 Å². The van der Waals surface area contributed by atoms with Crippen LogP contribution in [0.4, 0.5) is 0 Å². The minimum Gasteiger partial charge on any atom is -0.379 e. The summed E-state index contributed by atoms with van der Waals surface area (Å²) in [6, 6.07) is 0.459. The van der Waals surface area contributed by atoms with Gasteiger partial charge in [-0.15, -0.1) is 0 Å². The molecule has 3 aliphatic rings. The summed E-state index contributed by atoms with van der Waals surface area (Å²) in [5.41, 5.74) is 0. The molecule has 3 saturated heterocycles. The molecule has 7 heteroatoms. The quantitative estimate of drug-likeness (QED) is 0.702. The van der Waals surface area contributed by atoms with E-state index in [1.165, 1.54) is 0 Å². The van der Waals surface area contributed by atoms with Crippen molar-refractivity contribution in [3.63, 3.8) is 0 Å². The summed E-state index contributed by atoms with van der Waals surface area (Å²) in [5, 5.41) is 2.76. The van der Waals surface area contributed by atoms with Crippen LogP contribution in [0.3, 0.4) is 0 Å². The van der Waals surface area contributed by atoms with Crippen LogP contribution in [0.1, 0.15) is 12.8 Å². The fraction of sp³-hybridized carbons (Fsp3) is 0.867. The Kier molecular flexibility index (Phi) is 5.28. The van der Waals surface area contributed by atoms with Gasteiger partial charge in [0, 0.05) is 38.8 Å². The third-order valence-corrected chi connectivity index (χ3v) is 4.80. The lowest BCUT2D eigenvalue weighted by Crippen LogP contribution is -2.53. The van der Waals surface area contributed by atoms with Crippen molar-refractivity contribution in [1.82, 2.24) is 20.0 Å². The number of carbonyl (C=O) groups is 2. The number of amides is 2. The number of ether oxygens (including phenoxy) is 1. The molecule has 124 valence electrons. The highest BCUT2D eigenvalue weighted by atomic mass is 16.5. The molecule has 0 bridgehead atoms. The van der Waals surface area contributed by atoms with Gasteiger partial charge in [-0.25, -0.2) is 0 Å². The number of nitrogens with zero attached hydrogens (tertiary/aromatic N) is 3. The number of rotatable bonds is 4. The van der Waals surface area contributed by atoms with Crippen LogP contribution in [0.25, 0.3) is 0 Å². The van der Waals surface area contributed by atoms with Crippen LogP contribution in [0.15, 0.2) is 0 Å². The highest BCUT2D eigenvalue weighted by molar-refractivity contribution is 5.86. The maximum Gasteiger partial charge on any atom is 0.239 e. The standard InChI is InChI=1S/C15H26N4O3/c20-14-11-19(5-3-16-14)15(21)12-18-4-1-2-13(18)10-17-6-8-22-9-7-17/h13H,1-12H2,(H,16,20)/t13-/m0/s1. The Morgan fingerprint density at radius 2 is 2.05 bits per heavy atom. The largest absolute Gasteiger partial charge is 0.379 e. The molecule has 0 aromatic heterocycles. The summed E-state index contributed by atoms with van der Waals surface area (Å²) in [6.07, 6.45) is 2.31. The molecule has 22 heavy (non-hydrogen) atoms. The lowest BCUT2D eigenvalue weighted by Gasteiger charge is -2.34. The highest BCUT2D eigenvalue weighted by Gasteiger charge is 2.30. The Morgan fingerprint density at radius 1 is 1.23 bits per heavy atom. The maximum absolute atomic E-state index is 12.4. The van der Waals surface area contributed by atoms with Gasteiger partial charge in [0.2, 0.25) is 11.8 Å². The molecule has 1 atom stereocenters. The van der Waals surface area contributed by atoms with E-state index in [2.05, 4.69) is 15.1 Å². The monoisotopic (exact) mass is 310 g/mol. The molecule has 3 aliphatic heterocycles. The molecule has 0 aromatic carbocycles. The lowest BCUT2D eigenvalue weighted by atomic mass is 10.2. The average Bonchev–Trinajstić information content (AvgIpc) is 2.95. The molecular formula is C15H26N4O3. The van der Waals surface area contributed by atoms with Gasteiger partial charge in [0.15, 0.2) is 0 Å². The van der Waals surface area contributed by atoms with E-state index in [-0.39, 0.29) is 18.4 Å². The fourth-order valence-corrected chi connectivity index (χ4v) is 3.52. The number of hydrogen-bond donors (Lipinski definition) is 1. The minimum atomic E-state index is -0.0501. The number of likely N-dealkylation sites (tertiary alicyclic amines) is 1. The third kappa shape index (κ3) is 3.97. The van der Waals surface area contributed by atoms with Crippen molar-refractivity contribution in [3.8, 4) is 0 Å². The molecule has 0 saturated carbocycles. The fourth-order valence-electron chi connectivity index (χ4n) is 3.52. The van der Waals surface area contributed by atoms with E-state index in [4.69, 9.17) is 4.74 Å². The predicted molar refractivity (Wildman–Crippen MR) is 81.4 cm³/mol. The Balaban J connectivity index is 1.49. The second-order valence-corrected chi connectivity index (χ2v) is 6.34. The van der Waals surface area contributed by atoms with Gasteiger partial charge in [0.05, 0.1) is 26.3 Å². The van der Waals surface area contributed by atoms with Crippen molar-refractivity contribution in [3.05, 3.63) is 0 Å². The van der Waals surface area contributed by atoms with Crippen LogP contribution < -0.4 is 5.32 Å². The van der Waals surface area contributed by atoms with Crippen LogP contribution in [0, 0.1) is 0 Å². The zero-order chi connectivity index (χ0) is 15.4. The zero-order valence-corrected chi connectivity index (χ0v) is 13.1. The van der Waals surface area contributed by atoms with E-state index in [1.807, 2.05) is 0 Å². The number of piperazine rings is 1. The van der Waals surface area contributed by atoms with E-state index in [0.717, 1.165) is 52.2 Å². The van der Waals surface area contributed by atoms with Crippen molar-refractivity contribution >= 4 is 11.8 Å². The Morgan fingerprint density at radius 3 is 2.82 bits per heavy atom. The highest BCUT2D eigenvalue weighted by Crippen LogP contribution is 2.19. The number of hydrogen-bond acceptors (Lipinski definition) is 5. The summed E-state index contributed by atoms with van der Waals surface area (Å²) in [5.74, 6) is 0.0367. The van der Waals surface area contributed by atoms with Gasteiger partial charge in [-0.05, 0) is 19.4 Å². The van der Waals surface area contributed by atoms with Crippen molar-refractivity contribution in [2.24, 2.45) is 0 Å². The Bertz CT molecular complexity index is 412. The third-order valence-electron chi connectivity index (χ3n) is 4.80. The number of morpholine rings is 1. The van der Waals surface area contributed by atoms with Gasteiger partial charge in [0.1, 0.15) is 0 Å². The van der Waals surface area contributed by atoms with Gasteiger partial charge in [0.25, 0.3) is 0 Å². The molecule has 3 heterocycles. The van der Waals surface area contributed by atoms with Crippen LogP contribution in [0.5, 0.6) is 0 Å². The molecule has 0 aromatic rings.